The van der Waals surface area contributed by atoms with Gasteiger partial charge in [-0.1, -0.05) is 12.1 Å². The topological polar surface area (TPSA) is 88.8 Å². The van der Waals surface area contributed by atoms with Crippen molar-refractivity contribution in [2.24, 2.45) is 0 Å². The van der Waals surface area contributed by atoms with Crippen molar-refractivity contribution in [1.82, 2.24) is 14.4 Å². The van der Waals surface area contributed by atoms with E-state index in [-0.39, 0.29) is 5.75 Å². The van der Waals surface area contributed by atoms with E-state index in [1.807, 2.05) is 10.5 Å². The van der Waals surface area contributed by atoms with E-state index >= 15 is 0 Å². The lowest BCUT2D eigenvalue weighted by Gasteiger charge is -2.12. The summed E-state index contributed by atoms with van der Waals surface area (Å²) in [5, 5.41) is 12.9. The first-order chi connectivity index (χ1) is 13.2. The number of nitrogens with one attached hydrogen (secondary N) is 1. The van der Waals surface area contributed by atoms with Gasteiger partial charge in [0.1, 0.15) is 17.3 Å². The highest BCUT2D eigenvalue weighted by atomic mass is 16.5. The molecule has 0 bridgehead atoms. The summed E-state index contributed by atoms with van der Waals surface area (Å²) in [6, 6.07) is 13.9. The van der Waals surface area contributed by atoms with Crippen LogP contribution >= 0.6 is 0 Å². The van der Waals surface area contributed by atoms with Gasteiger partial charge in [0.25, 0.3) is 0 Å². The van der Waals surface area contributed by atoms with Crippen LogP contribution in [0.5, 0.6) is 5.75 Å². The average Bonchev–Trinajstić information content (AvgIpc) is 3.07. The lowest BCUT2D eigenvalue weighted by molar-refractivity contribution is 0.0602. The van der Waals surface area contributed by atoms with Crippen molar-refractivity contribution in [2.45, 2.75) is 0 Å². The lowest BCUT2D eigenvalue weighted by Crippen LogP contribution is -2.06. The zero-order chi connectivity index (χ0) is 18.8. The summed E-state index contributed by atoms with van der Waals surface area (Å²) < 4.78 is 6.72. The van der Waals surface area contributed by atoms with Gasteiger partial charge in [0, 0.05) is 18.0 Å². The third-order valence-corrected chi connectivity index (χ3v) is 4.16. The predicted octanol–water partition coefficient (Wildman–Crippen LogP) is 3.63. The van der Waals surface area contributed by atoms with Crippen molar-refractivity contribution in [2.75, 3.05) is 12.4 Å². The van der Waals surface area contributed by atoms with Gasteiger partial charge in [-0.3, -0.25) is 9.38 Å². The SMILES string of the molecule is COC(=O)c1ccccc1Nc1c(-c2ccc(O)cc2)nc2cnccn12. The molecule has 2 aromatic heterocycles. The second-order valence-corrected chi connectivity index (χ2v) is 5.82. The molecule has 0 aliphatic rings. The summed E-state index contributed by atoms with van der Waals surface area (Å²) in [7, 11) is 1.35. The van der Waals surface area contributed by atoms with Crippen LogP contribution in [0.25, 0.3) is 16.9 Å². The Morgan fingerprint density at radius 1 is 1.15 bits per heavy atom. The van der Waals surface area contributed by atoms with E-state index < -0.39 is 5.97 Å². The fourth-order valence-corrected chi connectivity index (χ4v) is 2.85. The molecule has 4 aromatic rings. The van der Waals surface area contributed by atoms with Crippen LogP contribution in [0.3, 0.4) is 0 Å². The molecule has 0 unspecified atom stereocenters. The number of aromatic hydroxyl groups is 1. The molecule has 134 valence electrons. The van der Waals surface area contributed by atoms with E-state index in [2.05, 4.69) is 15.3 Å². The van der Waals surface area contributed by atoms with Crippen LogP contribution in [-0.4, -0.2) is 32.6 Å². The van der Waals surface area contributed by atoms with Gasteiger partial charge in [-0.25, -0.2) is 9.78 Å². The Morgan fingerprint density at radius 2 is 1.93 bits per heavy atom. The Kier molecular flexibility index (Phi) is 4.18. The standard InChI is InChI=1S/C20H16N4O3/c1-27-20(26)15-4-2-3-5-16(15)22-19-18(13-6-8-14(25)9-7-13)23-17-12-21-10-11-24(17)19/h2-12,22,25H,1H3. The summed E-state index contributed by atoms with van der Waals surface area (Å²) in [6.07, 6.45) is 5.10. The second-order valence-electron chi connectivity index (χ2n) is 5.82. The minimum atomic E-state index is -0.431. The molecule has 0 fully saturated rings. The van der Waals surface area contributed by atoms with Crippen molar-refractivity contribution in [3.8, 4) is 17.0 Å². The number of aromatic nitrogens is 3. The van der Waals surface area contributed by atoms with Crippen LogP contribution in [0.15, 0.2) is 67.1 Å². The second kappa shape index (κ2) is 6.80. The Balaban J connectivity index is 1.88. The van der Waals surface area contributed by atoms with E-state index in [4.69, 9.17) is 4.74 Å². The van der Waals surface area contributed by atoms with E-state index in [0.29, 0.717) is 28.4 Å². The molecule has 27 heavy (non-hydrogen) atoms. The Labute approximate surface area is 154 Å². The fraction of sp³-hybridized carbons (Fsp3) is 0.0500. The van der Waals surface area contributed by atoms with Crippen molar-refractivity contribution >= 4 is 23.1 Å². The van der Waals surface area contributed by atoms with Crippen molar-refractivity contribution in [3.05, 3.63) is 72.7 Å². The Bertz CT molecular complexity index is 1120. The molecule has 0 saturated carbocycles. The number of nitrogens with zero attached hydrogens (tertiary/aromatic N) is 3. The number of phenolic OH excluding ortho intramolecular Hbond substituents is 1. The number of hydrogen-bond donors (Lipinski definition) is 2. The summed E-state index contributed by atoms with van der Waals surface area (Å²) in [4.78, 5) is 20.9. The van der Waals surface area contributed by atoms with Crippen molar-refractivity contribution < 1.29 is 14.6 Å². The van der Waals surface area contributed by atoms with E-state index in [0.717, 1.165) is 5.56 Å². The zero-order valence-electron chi connectivity index (χ0n) is 14.5. The molecule has 0 radical (unpaired) electrons. The number of para-hydroxylation sites is 1. The Morgan fingerprint density at radius 3 is 2.70 bits per heavy atom. The van der Waals surface area contributed by atoms with Crippen LogP contribution in [-0.2, 0) is 4.74 Å². The monoisotopic (exact) mass is 360 g/mol. The minimum absolute atomic E-state index is 0.176. The molecule has 2 N–H and O–H groups in total. The first-order valence-corrected chi connectivity index (χ1v) is 8.23. The summed E-state index contributed by atoms with van der Waals surface area (Å²) >= 11 is 0. The van der Waals surface area contributed by atoms with E-state index in [1.54, 1.807) is 61.1 Å². The van der Waals surface area contributed by atoms with Gasteiger partial charge in [0.2, 0.25) is 0 Å². The molecule has 0 aliphatic heterocycles. The fourth-order valence-electron chi connectivity index (χ4n) is 2.85. The van der Waals surface area contributed by atoms with E-state index in [9.17, 15) is 9.90 Å². The van der Waals surface area contributed by atoms with Gasteiger partial charge >= 0.3 is 5.97 Å². The van der Waals surface area contributed by atoms with Gasteiger partial charge in [-0.15, -0.1) is 0 Å². The van der Waals surface area contributed by atoms with Crippen LogP contribution < -0.4 is 5.32 Å². The zero-order valence-corrected chi connectivity index (χ0v) is 14.5. The van der Waals surface area contributed by atoms with Gasteiger partial charge in [-0.05, 0) is 36.4 Å². The highest BCUT2D eigenvalue weighted by Crippen LogP contribution is 2.32. The van der Waals surface area contributed by atoms with Crippen molar-refractivity contribution in [3.63, 3.8) is 0 Å². The number of ether oxygens (including phenoxy) is 1. The molecule has 0 spiro atoms. The highest BCUT2D eigenvalue weighted by molar-refractivity contribution is 5.97. The Hall–Kier alpha value is -3.87. The normalized spacial score (nSPS) is 10.7. The number of fused-ring (bicyclic) bond motifs is 1. The number of imidazole rings is 1. The van der Waals surface area contributed by atoms with E-state index in [1.165, 1.54) is 7.11 Å². The molecule has 7 heteroatoms. The first-order valence-electron chi connectivity index (χ1n) is 8.23. The number of anilines is 2. The molecule has 4 rings (SSSR count). The number of methoxy groups -OCH3 is 1. The third kappa shape index (κ3) is 3.06. The van der Waals surface area contributed by atoms with Crippen LogP contribution in [0.1, 0.15) is 10.4 Å². The molecular weight excluding hydrogens is 344 g/mol. The van der Waals surface area contributed by atoms with Gasteiger partial charge in [0.05, 0.1) is 24.6 Å². The molecule has 2 heterocycles. The molecule has 2 aromatic carbocycles. The minimum Gasteiger partial charge on any atom is -0.508 e. The van der Waals surface area contributed by atoms with Crippen LogP contribution in [0, 0.1) is 0 Å². The van der Waals surface area contributed by atoms with Crippen LogP contribution in [0.4, 0.5) is 11.5 Å². The van der Waals surface area contributed by atoms with Gasteiger partial charge in [0.15, 0.2) is 5.65 Å². The number of benzene rings is 2. The summed E-state index contributed by atoms with van der Waals surface area (Å²) in [6.45, 7) is 0. The van der Waals surface area contributed by atoms with Gasteiger partial charge < -0.3 is 15.2 Å². The maximum atomic E-state index is 12.1. The van der Waals surface area contributed by atoms with Gasteiger partial charge in [-0.2, -0.15) is 0 Å². The molecule has 0 amide bonds. The number of phenols is 1. The number of carbonyl (C=O) groups is 1. The molecule has 0 aliphatic carbocycles. The smallest absolute Gasteiger partial charge is 0.339 e. The summed E-state index contributed by atoms with van der Waals surface area (Å²) in [5.74, 6) is 0.420. The molecule has 7 nitrogen and oxygen atoms in total. The maximum absolute atomic E-state index is 12.1. The molecular formula is C20H16N4O3. The highest BCUT2D eigenvalue weighted by Gasteiger charge is 2.17. The van der Waals surface area contributed by atoms with Crippen LogP contribution in [0.2, 0.25) is 0 Å². The number of esters is 1. The largest absolute Gasteiger partial charge is 0.508 e. The first kappa shape index (κ1) is 16.6. The number of carbonyl (C=O) groups excluding carboxylic acids is 1. The number of hydrogen-bond acceptors (Lipinski definition) is 6. The third-order valence-electron chi connectivity index (χ3n) is 4.16. The quantitative estimate of drug-likeness (QED) is 0.540. The number of rotatable bonds is 4. The predicted molar refractivity (Wildman–Crippen MR) is 101 cm³/mol. The maximum Gasteiger partial charge on any atom is 0.339 e. The molecule has 0 atom stereocenters. The molecule has 0 saturated heterocycles. The average molecular weight is 360 g/mol. The lowest BCUT2D eigenvalue weighted by atomic mass is 10.1. The van der Waals surface area contributed by atoms with Crippen molar-refractivity contribution in [1.29, 1.82) is 0 Å². The summed E-state index contributed by atoms with van der Waals surface area (Å²) in [5.41, 5.74) is 3.15.